The van der Waals surface area contributed by atoms with Crippen LogP contribution in [0.2, 0.25) is 0 Å². The summed E-state index contributed by atoms with van der Waals surface area (Å²) in [6.45, 7) is 0. The lowest BCUT2D eigenvalue weighted by molar-refractivity contribution is -0.142. The first-order valence-electron chi connectivity index (χ1n) is 7.87. The number of alkyl halides is 3. The molecule has 148 valence electrons. The molecule has 0 radical (unpaired) electrons. The molecule has 1 amide bonds. The highest BCUT2D eigenvalue weighted by Gasteiger charge is 2.36. The first kappa shape index (κ1) is 18.9. The number of benzene rings is 1. The minimum Gasteiger partial charge on any atom is -0.317 e. The molecule has 1 N–H and O–H groups in total. The van der Waals surface area contributed by atoms with Gasteiger partial charge in [-0.25, -0.2) is 13.8 Å². The van der Waals surface area contributed by atoms with E-state index in [4.69, 9.17) is 0 Å². The largest absolute Gasteiger partial charge is 0.433 e. The van der Waals surface area contributed by atoms with Crippen LogP contribution in [-0.2, 0) is 6.18 Å². The molecule has 0 saturated heterocycles. The number of fused-ring (bicyclic) bond motifs is 1. The maximum Gasteiger partial charge on any atom is 0.433 e. The third-order valence-electron chi connectivity index (χ3n) is 3.76. The standard InChI is InChI=1S/C17H8F5N5OS/c18-8-3-4-9(19)10(6-8)23-15(28)14-25-16-24-11(12-2-1-5-29-12)7-13(17(20,21)22)27(16)26-14/h1-7H,(H,23,28). The summed E-state index contributed by atoms with van der Waals surface area (Å²) in [5, 5.41) is 7.25. The summed E-state index contributed by atoms with van der Waals surface area (Å²) in [5.74, 6) is -4.02. The van der Waals surface area contributed by atoms with Gasteiger partial charge in [-0.2, -0.15) is 22.7 Å². The van der Waals surface area contributed by atoms with Crippen LogP contribution in [0, 0.1) is 11.6 Å². The summed E-state index contributed by atoms with van der Waals surface area (Å²) in [4.78, 5) is 20.5. The van der Waals surface area contributed by atoms with E-state index in [1.54, 1.807) is 17.5 Å². The Bertz CT molecular complexity index is 1220. The number of halogens is 5. The molecule has 3 heterocycles. The SMILES string of the molecule is O=C(Nc1cc(F)ccc1F)c1nc2nc(-c3cccs3)cc(C(F)(F)F)n2n1. The van der Waals surface area contributed by atoms with Gasteiger partial charge in [0.05, 0.1) is 16.3 Å². The lowest BCUT2D eigenvalue weighted by Gasteiger charge is -2.09. The maximum atomic E-state index is 13.7. The van der Waals surface area contributed by atoms with E-state index >= 15 is 0 Å². The molecule has 0 aliphatic heterocycles. The molecular weight excluding hydrogens is 417 g/mol. The first-order chi connectivity index (χ1) is 13.7. The average Bonchev–Trinajstić information content (AvgIpc) is 3.32. The van der Waals surface area contributed by atoms with Gasteiger partial charge in [0.1, 0.15) is 11.6 Å². The first-order valence-corrected chi connectivity index (χ1v) is 8.75. The number of hydrogen-bond donors (Lipinski definition) is 1. The van der Waals surface area contributed by atoms with Crippen molar-refractivity contribution in [2.24, 2.45) is 0 Å². The van der Waals surface area contributed by atoms with E-state index < -0.39 is 46.7 Å². The van der Waals surface area contributed by atoms with Gasteiger partial charge in [-0.1, -0.05) is 6.07 Å². The maximum absolute atomic E-state index is 13.7. The molecule has 3 aromatic heterocycles. The molecule has 4 rings (SSSR count). The number of anilines is 1. The number of nitrogens with one attached hydrogen (secondary N) is 1. The molecule has 0 unspecified atom stereocenters. The third kappa shape index (κ3) is 3.66. The van der Waals surface area contributed by atoms with Gasteiger partial charge in [-0.15, -0.1) is 16.4 Å². The topological polar surface area (TPSA) is 72.2 Å². The summed E-state index contributed by atoms with van der Waals surface area (Å²) in [5.41, 5.74) is -1.68. The third-order valence-corrected chi connectivity index (χ3v) is 4.65. The highest BCUT2D eigenvalue weighted by molar-refractivity contribution is 7.13. The van der Waals surface area contributed by atoms with Gasteiger partial charge in [0, 0.05) is 6.07 Å². The summed E-state index contributed by atoms with van der Waals surface area (Å²) in [7, 11) is 0. The molecular formula is C17H8F5N5OS. The molecule has 0 saturated carbocycles. The van der Waals surface area contributed by atoms with Crippen LogP contribution in [-0.4, -0.2) is 25.5 Å². The van der Waals surface area contributed by atoms with Crippen LogP contribution in [0.5, 0.6) is 0 Å². The molecule has 1 aromatic carbocycles. The lowest BCUT2D eigenvalue weighted by atomic mass is 10.3. The Morgan fingerprint density at radius 1 is 1.10 bits per heavy atom. The number of hydrogen-bond acceptors (Lipinski definition) is 5. The molecule has 0 atom stereocenters. The second kappa shape index (κ2) is 6.88. The number of rotatable bonds is 3. The van der Waals surface area contributed by atoms with Crippen LogP contribution in [0.4, 0.5) is 27.6 Å². The zero-order valence-electron chi connectivity index (χ0n) is 14.0. The van der Waals surface area contributed by atoms with Crippen LogP contribution in [0.3, 0.4) is 0 Å². The van der Waals surface area contributed by atoms with E-state index in [1.807, 2.05) is 5.32 Å². The van der Waals surface area contributed by atoms with E-state index in [0.717, 1.165) is 24.3 Å². The molecule has 0 aliphatic carbocycles. The highest BCUT2D eigenvalue weighted by Crippen LogP contribution is 2.33. The highest BCUT2D eigenvalue weighted by atomic mass is 32.1. The smallest absolute Gasteiger partial charge is 0.317 e. The van der Waals surface area contributed by atoms with Gasteiger partial charge in [0.25, 0.3) is 11.7 Å². The normalized spacial score (nSPS) is 11.8. The second-order valence-corrected chi connectivity index (χ2v) is 6.67. The van der Waals surface area contributed by atoms with Crippen molar-refractivity contribution in [3.63, 3.8) is 0 Å². The molecule has 0 bridgehead atoms. The van der Waals surface area contributed by atoms with Crippen molar-refractivity contribution in [3.05, 3.63) is 64.9 Å². The zero-order valence-corrected chi connectivity index (χ0v) is 14.9. The van der Waals surface area contributed by atoms with Gasteiger partial charge < -0.3 is 5.32 Å². The average molecular weight is 425 g/mol. The summed E-state index contributed by atoms with van der Waals surface area (Å²) < 4.78 is 67.8. The van der Waals surface area contributed by atoms with Crippen molar-refractivity contribution in [1.29, 1.82) is 0 Å². The number of thiophene rings is 1. The van der Waals surface area contributed by atoms with E-state index in [1.165, 1.54) is 11.3 Å². The number of amides is 1. The monoisotopic (exact) mass is 425 g/mol. The zero-order chi connectivity index (χ0) is 20.8. The van der Waals surface area contributed by atoms with Gasteiger partial charge in [0.2, 0.25) is 5.82 Å². The molecule has 0 aliphatic rings. The summed E-state index contributed by atoms with van der Waals surface area (Å²) in [6, 6.07) is 6.38. The van der Waals surface area contributed by atoms with Crippen LogP contribution in [0.25, 0.3) is 16.3 Å². The molecule has 6 nitrogen and oxygen atoms in total. The van der Waals surface area contributed by atoms with E-state index in [-0.39, 0.29) is 5.69 Å². The summed E-state index contributed by atoms with van der Waals surface area (Å²) >= 11 is 1.18. The fraction of sp³-hybridized carbons (Fsp3) is 0.0588. The Balaban J connectivity index is 1.78. The van der Waals surface area contributed by atoms with Gasteiger partial charge in [0.15, 0.2) is 5.69 Å². The fourth-order valence-corrected chi connectivity index (χ4v) is 3.17. The molecule has 12 heteroatoms. The van der Waals surface area contributed by atoms with Crippen LogP contribution in [0.15, 0.2) is 41.8 Å². The van der Waals surface area contributed by atoms with Crippen molar-refractivity contribution < 1.29 is 26.7 Å². The molecule has 0 spiro atoms. The summed E-state index contributed by atoms with van der Waals surface area (Å²) in [6.07, 6.45) is -4.80. The predicted octanol–water partition coefficient (Wildman–Crippen LogP) is 4.40. The lowest BCUT2D eigenvalue weighted by Crippen LogP contribution is -2.16. The van der Waals surface area contributed by atoms with Gasteiger partial charge in [-0.3, -0.25) is 4.79 Å². The number of carbonyl (C=O) groups excluding carboxylic acids is 1. The van der Waals surface area contributed by atoms with Crippen molar-refractivity contribution in [1.82, 2.24) is 19.6 Å². The Morgan fingerprint density at radius 3 is 2.59 bits per heavy atom. The minimum absolute atomic E-state index is 0.00959. The van der Waals surface area contributed by atoms with Crippen molar-refractivity contribution >= 4 is 28.7 Å². The fourth-order valence-electron chi connectivity index (χ4n) is 2.49. The molecule has 29 heavy (non-hydrogen) atoms. The number of nitrogens with zero attached hydrogens (tertiary/aromatic N) is 4. The van der Waals surface area contributed by atoms with E-state index in [0.29, 0.717) is 9.39 Å². The Morgan fingerprint density at radius 2 is 1.90 bits per heavy atom. The van der Waals surface area contributed by atoms with Gasteiger partial charge >= 0.3 is 6.18 Å². The van der Waals surface area contributed by atoms with Crippen molar-refractivity contribution in [3.8, 4) is 10.6 Å². The van der Waals surface area contributed by atoms with Crippen LogP contribution >= 0.6 is 11.3 Å². The number of carbonyl (C=O) groups is 1. The van der Waals surface area contributed by atoms with Crippen LogP contribution in [0.1, 0.15) is 16.3 Å². The number of aromatic nitrogens is 4. The second-order valence-electron chi connectivity index (χ2n) is 5.73. The van der Waals surface area contributed by atoms with E-state index in [2.05, 4.69) is 15.1 Å². The Hall–Kier alpha value is -3.41. The molecule has 4 aromatic rings. The van der Waals surface area contributed by atoms with Crippen molar-refractivity contribution in [2.75, 3.05) is 5.32 Å². The molecule has 0 fully saturated rings. The van der Waals surface area contributed by atoms with Gasteiger partial charge in [-0.05, 0) is 29.6 Å². The predicted molar refractivity (Wildman–Crippen MR) is 93.4 cm³/mol. The van der Waals surface area contributed by atoms with E-state index in [9.17, 15) is 26.7 Å². The Kier molecular flexibility index (Phi) is 4.49. The van der Waals surface area contributed by atoms with Crippen molar-refractivity contribution in [2.45, 2.75) is 6.18 Å². The van der Waals surface area contributed by atoms with Crippen LogP contribution < -0.4 is 5.32 Å². The quantitative estimate of drug-likeness (QED) is 0.494. The minimum atomic E-state index is -4.80. The Labute approximate surface area is 162 Å².